The Kier molecular flexibility index (Phi) is 4.32. The summed E-state index contributed by atoms with van der Waals surface area (Å²) in [6.07, 6.45) is -4.63. The fourth-order valence-corrected chi connectivity index (χ4v) is 3.21. The van der Waals surface area contributed by atoms with Crippen LogP contribution in [-0.4, -0.2) is 17.1 Å². The molecule has 0 aliphatic carbocycles. The Labute approximate surface area is 154 Å². The molecule has 0 aromatic heterocycles. The highest BCUT2D eigenvalue weighted by atomic mass is 19.4. The van der Waals surface area contributed by atoms with Gasteiger partial charge in [-0.05, 0) is 23.3 Å². The van der Waals surface area contributed by atoms with E-state index in [1.54, 1.807) is 66.7 Å². The van der Waals surface area contributed by atoms with E-state index in [-0.39, 0.29) is 10.8 Å². The summed E-state index contributed by atoms with van der Waals surface area (Å²) in [7, 11) is 0. The second-order valence-corrected chi connectivity index (χ2v) is 6.15. The molecule has 0 radical (unpaired) electrons. The van der Waals surface area contributed by atoms with E-state index in [2.05, 4.69) is 10.4 Å². The second kappa shape index (κ2) is 6.79. The number of halogens is 3. The maximum absolute atomic E-state index is 13.9. The number of hydrazone groups is 1. The summed E-state index contributed by atoms with van der Waals surface area (Å²) >= 11 is 0. The average Bonchev–Trinajstić information content (AvgIpc) is 2.68. The van der Waals surface area contributed by atoms with Crippen molar-refractivity contribution in [3.05, 3.63) is 102 Å². The fraction of sp³-hybridized carbons (Fsp3) is 0.0952. The smallest absolute Gasteiger partial charge is 0.338 e. The van der Waals surface area contributed by atoms with Crippen LogP contribution in [-0.2, 0) is 0 Å². The van der Waals surface area contributed by atoms with E-state index >= 15 is 0 Å². The predicted molar refractivity (Wildman–Crippen MR) is 99.2 cm³/mol. The predicted octanol–water partition coefficient (Wildman–Crippen LogP) is 5.39. The molecule has 6 heteroatoms. The minimum Gasteiger partial charge on any atom is -0.338 e. The van der Waals surface area contributed by atoms with E-state index in [1.807, 2.05) is 18.2 Å². The van der Waals surface area contributed by atoms with Crippen LogP contribution in [0.5, 0.6) is 0 Å². The van der Waals surface area contributed by atoms with Crippen LogP contribution in [0, 0.1) is 0 Å². The molecule has 3 aromatic carbocycles. The number of benzene rings is 3. The Morgan fingerprint density at radius 1 is 0.778 bits per heavy atom. The van der Waals surface area contributed by atoms with Gasteiger partial charge in [-0.2, -0.15) is 10.1 Å². The van der Waals surface area contributed by atoms with Crippen LogP contribution < -0.4 is 5.32 Å². The molecule has 136 valence electrons. The maximum Gasteiger partial charge on any atom is 0.501 e. The van der Waals surface area contributed by atoms with Gasteiger partial charge in [0.05, 0.1) is 0 Å². The third-order valence-corrected chi connectivity index (χ3v) is 4.37. The standard InChI is InChI=1S/C21H16F3N3/c22-21(23,24)27-19(15-9-3-1-4-10-15)17-13-7-8-14-18(17)20(26-27)25-16-11-5-2-6-12-16/h1-14,19H,(H,25,26). The summed E-state index contributed by atoms with van der Waals surface area (Å²) in [5.41, 5.74) is 2.40. The van der Waals surface area contributed by atoms with Crippen LogP contribution in [0.2, 0.25) is 0 Å². The molecule has 1 unspecified atom stereocenters. The van der Waals surface area contributed by atoms with Crippen LogP contribution in [0.4, 0.5) is 18.9 Å². The van der Waals surface area contributed by atoms with Crippen molar-refractivity contribution in [2.45, 2.75) is 12.3 Å². The number of alkyl halides is 3. The Bertz CT molecular complexity index is 953. The highest BCUT2D eigenvalue weighted by Gasteiger charge is 2.46. The Hall–Kier alpha value is -3.28. The molecule has 3 nitrogen and oxygen atoms in total. The lowest BCUT2D eigenvalue weighted by molar-refractivity contribution is -0.256. The number of hydrogen-bond donors (Lipinski definition) is 1. The first kappa shape index (κ1) is 17.1. The Morgan fingerprint density at radius 3 is 2.04 bits per heavy atom. The van der Waals surface area contributed by atoms with E-state index in [1.165, 1.54) is 0 Å². The first-order valence-corrected chi connectivity index (χ1v) is 8.45. The van der Waals surface area contributed by atoms with Crippen LogP contribution in [0.15, 0.2) is 90.0 Å². The van der Waals surface area contributed by atoms with Gasteiger partial charge in [0.15, 0.2) is 5.84 Å². The molecule has 0 bridgehead atoms. The molecule has 1 aliphatic rings. The molecule has 4 rings (SSSR count). The van der Waals surface area contributed by atoms with Crippen molar-refractivity contribution in [2.24, 2.45) is 5.10 Å². The maximum atomic E-state index is 13.9. The van der Waals surface area contributed by atoms with Gasteiger partial charge in [0.2, 0.25) is 0 Å². The number of nitrogens with zero attached hydrogens (tertiary/aromatic N) is 2. The van der Waals surface area contributed by atoms with Gasteiger partial charge in [0.1, 0.15) is 6.04 Å². The fourth-order valence-electron chi connectivity index (χ4n) is 3.21. The lowest BCUT2D eigenvalue weighted by atomic mass is 9.92. The molecule has 0 saturated carbocycles. The van der Waals surface area contributed by atoms with E-state index < -0.39 is 12.3 Å². The number of fused-ring (bicyclic) bond motifs is 1. The number of hydrogen-bond acceptors (Lipinski definition) is 3. The van der Waals surface area contributed by atoms with Gasteiger partial charge in [-0.1, -0.05) is 72.8 Å². The van der Waals surface area contributed by atoms with Crippen LogP contribution in [0.25, 0.3) is 0 Å². The van der Waals surface area contributed by atoms with Gasteiger partial charge < -0.3 is 5.32 Å². The van der Waals surface area contributed by atoms with E-state index in [0.717, 1.165) is 0 Å². The summed E-state index contributed by atoms with van der Waals surface area (Å²) < 4.78 is 41.6. The number of rotatable bonds is 2. The monoisotopic (exact) mass is 367 g/mol. The van der Waals surface area contributed by atoms with Crippen molar-refractivity contribution in [1.29, 1.82) is 0 Å². The van der Waals surface area contributed by atoms with Crippen molar-refractivity contribution in [3.63, 3.8) is 0 Å². The molecule has 0 saturated heterocycles. The van der Waals surface area contributed by atoms with Crippen molar-refractivity contribution in [3.8, 4) is 0 Å². The summed E-state index contributed by atoms with van der Waals surface area (Å²) in [5.74, 6) is 0.168. The third kappa shape index (κ3) is 3.38. The normalized spacial score (nSPS) is 16.5. The van der Waals surface area contributed by atoms with Gasteiger partial charge in [-0.25, -0.2) is 0 Å². The summed E-state index contributed by atoms with van der Waals surface area (Å²) in [6, 6.07) is 23.7. The lowest BCUT2D eigenvalue weighted by Gasteiger charge is -2.36. The Balaban J connectivity index is 1.86. The van der Waals surface area contributed by atoms with Crippen LogP contribution in [0.1, 0.15) is 22.7 Å². The molecule has 0 fully saturated rings. The van der Waals surface area contributed by atoms with Crippen LogP contribution in [0.3, 0.4) is 0 Å². The highest BCUT2D eigenvalue weighted by molar-refractivity contribution is 6.09. The van der Waals surface area contributed by atoms with Gasteiger partial charge >= 0.3 is 6.30 Å². The molecule has 1 heterocycles. The number of amidine groups is 1. The summed E-state index contributed by atoms with van der Waals surface area (Å²) in [4.78, 5) is 0. The average molecular weight is 367 g/mol. The molecular formula is C21H16F3N3. The minimum absolute atomic E-state index is 0.168. The summed E-state index contributed by atoms with van der Waals surface area (Å²) in [6.45, 7) is 0. The zero-order valence-electron chi connectivity index (χ0n) is 14.2. The first-order chi connectivity index (χ1) is 13.0. The first-order valence-electron chi connectivity index (χ1n) is 8.45. The molecule has 3 aromatic rings. The molecule has 1 atom stereocenters. The summed E-state index contributed by atoms with van der Waals surface area (Å²) in [5, 5.41) is 7.20. The minimum atomic E-state index is -4.63. The quantitative estimate of drug-likeness (QED) is 0.616. The molecule has 0 amide bonds. The number of nitrogens with one attached hydrogen (secondary N) is 1. The third-order valence-electron chi connectivity index (χ3n) is 4.37. The lowest BCUT2D eigenvalue weighted by Crippen LogP contribution is -2.42. The largest absolute Gasteiger partial charge is 0.501 e. The number of anilines is 1. The molecule has 1 N–H and O–H groups in total. The van der Waals surface area contributed by atoms with E-state index in [9.17, 15) is 13.2 Å². The second-order valence-electron chi connectivity index (χ2n) is 6.15. The zero-order valence-corrected chi connectivity index (χ0v) is 14.2. The van der Waals surface area contributed by atoms with Crippen molar-refractivity contribution >= 4 is 11.5 Å². The molecule has 0 spiro atoms. The van der Waals surface area contributed by atoms with Gasteiger partial charge in [-0.15, -0.1) is 13.2 Å². The number of para-hydroxylation sites is 1. The van der Waals surface area contributed by atoms with Crippen molar-refractivity contribution < 1.29 is 13.2 Å². The van der Waals surface area contributed by atoms with Gasteiger partial charge in [0, 0.05) is 11.3 Å². The van der Waals surface area contributed by atoms with E-state index in [0.29, 0.717) is 22.4 Å². The van der Waals surface area contributed by atoms with Gasteiger partial charge in [-0.3, -0.25) is 0 Å². The molecule has 1 aliphatic heterocycles. The SMILES string of the molecule is FC(F)(F)N1N=C(Nc2ccccc2)c2ccccc2C1c1ccccc1. The van der Waals surface area contributed by atoms with Crippen LogP contribution >= 0.6 is 0 Å². The highest BCUT2D eigenvalue weighted by Crippen LogP contribution is 2.41. The molecular weight excluding hydrogens is 351 g/mol. The van der Waals surface area contributed by atoms with Crippen molar-refractivity contribution in [1.82, 2.24) is 5.01 Å². The van der Waals surface area contributed by atoms with E-state index in [4.69, 9.17) is 0 Å². The zero-order chi connectivity index (χ0) is 18.9. The molecule has 27 heavy (non-hydrogen) atoms. The Morgan fingerprint density at radius 2 is 1.37 bits per heavy atom. The van der Waals surface area contributed by atoms with Crippen molar-refractivity contribution in [2.75, 3.05) is 5.32 Å². The van der Waals surface area contributed by atoms with Gasteiger partial charge in [0.25, 0.3) is 0 Å². The topological polar surface area (TPSA) is 27.6 Å².